The van der Waals surface area contributed by atoms with Gasteiger partial charge in [0.25, 0.3) is 0 Å². The second-order valence-corrected chi connectivity index (χ2v) is 4.26. The molecule has 2 N–H and O–H groups in total. The Balaban J connectivity index is 2.57. The Bertz CT molecular complexity index is 315. The summed E-state index contributed by atoms with van der Waals surface area (Å²) in [6.45, 7) is 2.75. The molecule has 0 aliphatic rings. The maximum absolute atomic E-state index is 12.8. The lowest BCUT2D eigenvalue weighted by atomic mass is 10.2. The Morgan fingerprint density at radius 2 is 2.27 bits per heavy atom. The molecule has 0 aliphatic heterocycles. The molecule has 2 nitrogen and oxygen atoms in total. The van der Waals surface area contributed by atoms with Gasteiger partial charge < -0.3 is 10.4 Å². The van der Waals surface area contributed by atoms with E-state index >= 15 is 0 Å². The molecule has 15 heavy (non-hydrogen) atoms. The molecule has 0 aliphatic carbocycles. The molecule has 0 saturated carbocycles. The van der Waals surface area contributed by atoms with Gasteiger partial charge in [-0.05, 0) is 24.1 Å². The normalized spacial score (nSPS) is 12.8. The standard InChI is InChI=1S/C11H15BrFNO/c1-2-10(7-15)14-6-8-3-4-9(13)5-11(8)12/h3-5,10,14-15H,2,6-7H2,1H3/t10-/m0/s1. The van der Waals surface area contributed by atoms with Crippen LogP contribution in [0.25, 0.3) is 0 Å². The minimum Gasteiger partial charge on any atom is -0.395 e. The Labute approximate surface area is 97.6 Å². The SMILES string of the molecule is CC[C@@H](CO)NCc1ccc(F)cc1Br. The van der Waals surface area contributed by atoms with Gasteiger partial charge in [0.05, 0.1) is 6.61 Å². The van der Waals surface area contributed by atoms with Crippen molar-refractivity contribution in [3.8, 4) is 0 Å². The number of hydrogen-bond acceptors (Lipinski definition) is 2. The average molecular weight is 276 g/mol. The van der Waals surface area contributed by atoms with Crippen molar-refractivity contribution in [2.24, 2.45) is 0 Å². The summed E-state index contributed by atoms with van der Waals surface area (Å²) in [5.74, 6) is -0.250. The molecular formula is C11H15BrFNO. The maximum atomic E-state index is 12.8. The topological polar surface area (TPSA) is 32.3 Å². The van der Waals surface area contributed by atoms with Crippen LogP contribution in [0.3, 0.4) is 0 Å². The fourth-order valence-electron chi connectivity index (χ4n) is 1.26. The van der Waals surface area contributed by atoms with E-state index in [0.29, 0.717) is 6.54 Å². The Morgan fingerprint density at radius 3 is 2.80 bits per heavy atom. The number of hydrogen-bond donors (Lipinski definition) is 2. The van der Waals surface area contributed by atoms with Gasteiger partial charge in [0.2, 0.25) is 0 Å². The van der Waals surface area contributed by atoms with Crippen LogP contribution in [0.4, 0.5) is 4.39 Å². The van der Waals surface area contributed by atoms with Crippen LogP contribution in [0.5, 0.6) is 0 Å². The van der Waals surface area contributed by atoms with E-state index in [-0.39, 0.29) is 18.5 Å². The molecule has 0 radical (unpaired) electrons. The largest absolute Gasteiger partial charge is 0.395 e. The molecule has 0 amide bonds. The highest BCUT2D eigenvalue weighted by Crippen LogP contribution is 2.17. The van der Waals surface area contributed by atoms with E-state index in [2.05, 4.69) is 21.2 Å². The monoisotopic (exact) mass is 275 g/mol. The van der Waals surface area contributed by atoms with Crippen molar-refractivity contribution in [2.45, 2.75) is 25.9 Å². The lowest BCUT2D eigenvalue weighted by molar-refractivity contribution is 0.238. The third-order valence-electron chi connectivity index (χ3n) is 2.31. The molecule has 0 unspecified atom stereocenters. The van der Waals surface area contributed by atoms with E-state index in [4.69, 9.17) is 5.11 Å². The summed E-state index contributed by atoms with van der Waals surface area (Å²) in [6, 6.07) is 4.71. The highest BCUT2D eigenvalue weighted by molar-refractivity contribution is 9.10. The molecule has 1 aromatic carbocycles. The van der Waals surface area contributed by atoms with Crippen LogP contribution in [-0.4, -0.2) is 17.8 Å². The molecule has 1 atom stereocenters. The lowest BCUT2D eigenvalue weighted by Crippen LogP contribution is -2.31. The quantitative estimate of drug-likeness (QED) is 0.865. The first-order chi connectivity index (χ1) is 7.17. The minimum absolute atomic E-state index is 0.0990. The molecule has 0 bridgehead atoms. The van der Waals surface area contributed by atoms with Gasteiger partial charge in [0.1, 0.15) is 5.82 Å². The third-order valence-corrected chi connectivity index (χ3v) is 3.05. The predicted octanol–water partition coefficient (Wildman–Crippen LogP) is 2.45. The molecule has 0 spiro atoms. The van der Waals surface area contributed by atoms with Crippen LogP contribution in [-0.2, 0) is 6.54 Å². The zero-order valence-electron chi connectivity index (χ0n) is 8.63. The van der Waals surface area contributed by atoms with Gasteiger partial charge in [-0.15, -0.1) is 0 Å². The number of rotatable bonds is 5. The fourth-order valence-corrected chi connectivity index (χ4v) is 1.75. The van der Waals surface area contributed by atoms with Crippen molar-refractivity contribution in [3.05, 3.63) is 34.1 Å². The van der Waals surface area contributed by atoms with Crippen molar-refractivity contribution in [3.63, 3.8) is 0 Å². The smallest absolute Gasteiger partial charge is 0.124 e. The number of benzene rings is 1. The molecule has 4 heteroatoms. The molecule has 1 rings (SSSR count). The molecule has 0 heterocycles. The van der Waals surface area contributed by atoms with Gasteiger partial charge >= 0.3 is 0 Å². The van der Waals surface area contributed by atoms with Gasteiger partial charge in [-0.2, -0.15) is 0 Å². The summed E-state index contributed by atoms with van der Waals surface area (Å²) >= 11 is 3.30. The van der Waals surface area contributed by atoms with E-state index in [1.54, 1.807) is 6.07 Å². The first kappa shape index (κ1) is 12.6. The van der Waals surface area contributed by atoms with Crippen molar-refractivity contribution in [1.29, 1.82) is 0 Å². The van der Waals surface area contributed by atoms with Crippen LogP contribution >= 0.6 is 15.9 Å². The minimum atomic E-state index is -0.250. The molecule has 84 valence electrons. The van der Waals surface area contributed by atoms with Gasteiger partial charge in [-0.1, -0.05) is 28.9 Å². The van der Waals surface area contributed by atoms with Crippen LogP contribution < -0.4 is 5.32 Å². The van der Waals surface area contributed by atoms with E-state index in [9.17, 15) is 4.39 Å². The number of halogens is 2. The summed E-state index contributed by atoms with van der Waals surface area (Å²) in [6.07, 6.45) is 0.870. The molecule has 0 fully saturated rings. The summed E-state index contributed by atoms with van der Waals surface area (Å²) in [4.78, 5) is 0. The summed E-state index contributed by atoms with van der Waals surface area (Å²) in [5.41, 5.74) is 0.989. The first-order valence-corrected chi connectivity index (χ1v) is 5.74. The van der Waals surface area contributed by atoms with Gasteiger partial charge in [-0.25, -0.2) is 4.39 Å². The molecule has 0 saturated heterocycles. The average Bonchev–Trinajstić information content (AvgIpc) is 2.22. The van der Waals surface area contributed by atoms with E-state index in [0.717, 1.165) is 16.5 Å². The second kappa shape index (κ2) is 6.20. The van der Waals surface area contributed by atoms with Gasteiger partial charge in [0.15, 0.2) is 0 Å². The van der Waals surface area contributed by atoms with Gasteiger partial charge in [-0.3, -0.25) is 0 Å². The van der Waals surface area contributed by atoms with Crippen molar-refractivity contribution >= 4 is 15.9 Å². The van der Waals surface area contributed by atoms with Crippen molar-refractivity contribution < 1.29 is 9.50 Å². The van der Waals surface area contributed by atoms with E-state index < -0.39 is 0 Å². The number of aliphatic hydroxyl groups excluding tert-OH is 1. The zero-order chi connectivity index (χ0) is 11.3. The predicted molar refractivity (Wildman–Crippen MR) is 62.1 cm³/mol. The number of nitrogens with one attached hydrogen (secondary N) is 1. The van der Waals surface area contributed by atoms with E-state index in [1.165, 1.54) is 12.1 Å². The molecule has 1 aromatic rings. The molecular weight excluding hydrogens is 261 g/mol. The van der Waals surface area contributed by atoms with Crippen LogP contribution in [0.1, 0.15) is 18.9 Å². The molecule has 0 aromatic heterocycles. The summed E-state index contributed by atoms with van der Waals surface area (Å²) in [7, 11) is 0. The van der Waals surface area contributed by atoms with Gasteiger partial charge in [0, 0.05) is 17.1 Å². The van der Waals surface area contributed by atoms with Crippen LogP contribution in [0.15, 0.2) is 22.7 Å². The highest BCUT2D eigenvalue weighted by atomic mass is 79.9. The first-order valence-electron chi connectivity index (χ1n) is 4.95. The summed E-state index contributed by atoms with van der Waals surface area (Å²) < 4.78 is 13.5. The Kier molecular flexibility index (Phi) is 5.22. The maximum Gasteiger partial charge on any atom is 0.124 e. The van der Waals surface area contributed by atoms with E-state index in [1.807, 2.05) is 6.92 Å². The van der Waals surface area contributed by atoms with Crippen molar-refractivity contribution in [2.75, 3.05) is 6.61 Å². The lowest BCUT2D eigenvalue weighted by Gasteiger charge is -2.14. The highest BCUT2D eigenvalue weighted by Gasteiger charge is 2.05. The fraction of sp³-hybridized carbons (Fsp3) is 0.455. The number of aliphatic hydroxyl groups is 1. The Hall–Kier alpha value is -0.450. The van der Waals surface area contributed by atoms with Crippen LogP contribution in [0.2, 0.25) is 0 Å². The van der Waals surface area contributed by atoms with Crippen molar-refractivity contribution in [1.82, 2.24) is 5.32 Å². The van der Waals surface area contributed by atoms with Crippen LogP contribution in [0, 0.1) is 5.82 Å². The second-order valence-electron chi connectivity index (χ2n) is 3.40. The summed E-state index contributed by atoms with van der Waals surface area (Å²) in [5, 5.41) is 12.2. The Morgan fingerprint density at radius 1 is 1.53 bits per heavy atom. The third kappa shape index (κ3) is 3.89. The zero-order valence-corrected chi connectivity index (χ0v) is 10.2.